The Labute approximate surface area is 112 Å². The minimum atomic E-state index is -0.422. The molecule has 0 bridgehead atoms. The monoisotopic (exact) mass is 273 g/mol. The maximum atomic E-state index is 11.0. The van der Waals surface area contributed by atoms with Crippen LogP contribution in [-0.2, 0) is 14.3 Å². The van der Waals surface area contributed by atoms with E-state index in [1.54, 1.807) is 24.3 Å². The van der Waals surface area contributed by atoms with Crippen LogP contribution in [0.25, 0.3) is 0 Å². The predicted octanol–water partition coefficient (Wildman–Crippen LogP) is 1.60. The van der Waals surface area contributed by atoms with Gasteiger partial charge in [-0.15, -0.1) is 12.4 Å². The summed E-state index contributed by atoms with van der Waals surface area (Å²) in [5.41, 5.74) is 6.60. The van der Waals surface area contributed by atoms with Crippen LogP contribution in [0.2, 0.25) is 0 Å². The quantitative estimate of drug-likeness (QED) is 0.666. The zero-order valence-electron chi connectivity index (χ0n) is 10.2. The highest BCUT2D eigenvalue weighted by Gasteiger charge is 2.11. The second-order valence-electron chi connectivity index (χ2n) is 3.55. The average Bonchev–Trinajstić information content (AvgIpc) is 2.28. The van der Waals surface area contributed by atoms with Gasteiger partial charge in [0.2, 0.25) is 0 Å². The molecule has 100 valence electrons. The van der Waals surface area contributed by atoms with Gasteiger partial charge in [-0.2, -0.15) is 0 Å². The molecule has 0 aliphatic carbocycles. The first-order valence-electron chi connectivity index (χ1n) is 5.13. The van der Waals surface area contributed by atoms with Gasteiger partial charge < -0.3 is 15.2 Å². The van der Waals surface area contributed by atoms with Crippen molar-refractivity contribution in [1.82, 2.24) is 0 Å². The second-order valence-corrected chi connectivity index (χ2v) is 3.55. The molecule has 6 heteroatoms. The first-order valence-corrected chi connectivity index (χ1v) is 5.13. The van der Waals surface area contributed by atoms with Crippen LogP contribution >= 0.6 is 12.4 Å². The first-order chi connectivity index (χ1) is 8.02. The van der Waals surface area contributed by atoms with Crippen LogP contribution in [0, 0.1) is 0 Å². The van der Waals surface area contributed by atoms with Crippen LogP contribution in [0.5, 0.6) is 5.75 Å². The number of methoxy groups -OCH3 is 1. The van der Waals surface area contributed by atoms with E-state index < -0.39 is 6.04 Å². The molecule has 18 heavy (non-hydrogen) atoms. The molecule has 0 heterocycles. The summed E-state index contributed by atoms with van der Waals surface area (Å²) >= 11 is 0. The number of halogens is 1. The molecule has 1 aromatic rings. The van der Waals surface area contributed by atoms with E-state index in [-0.39, 0.29) is 30.8 Å². The summed E-state index contributed by atoms with van der Waals surface area (Å²) in [5.74, 6) is -0.287. The molecular weight excluding hydrogens is 258 g/mol. The number of rotatable bonds is 4. The Balaban J connectivity index is 0.00000289. The average molecular weight is 274 g/mol. The molecule has 0 amide bonds. The molecule has 0 fully saturated rings. The van der Waals surface area contributed by atoms with Gasteiger partial charge in [0.1, 0.15) is 5.75 Å². The van der Waals surface area contributed by atoms with Gasteiger partial charge in [-0.05, 0) is 17.7 Å². The van der Waals surface area contributed by atoms with Crippen molar-refractivity contribution in [3.63, 3.8) is 0 Å². The van der Waals surface area contributed by atoms with Gasteiger partial charge in [-0.3, -0.25) is 9.59 Å². The fourth-order valence-corrected chi connectivity index (χ4v) is 1.33. The lowest BCUT2D eigenvalue weighted by Gasteiger charge is -2.11. The minimum absolute atomic E-state index is 0. The number of carbonyl (C=O) groups excluding carboxylic acids is 2. The molecule has 1 rings (SSSR count). The van der Waals surface area contributed by atoms with Crippen molar-refractivity contribution < 1.29 is 19.1 Å². The Hall–Kier alpha value is -1.59. The molecule has 2 N–H and O–H groups in total. The lowest BCUT2D eigenvalue weighted by atomic mass is 10.0. The zero-order chi connectivity index (χ0) is 12.8. The van der Waals surface area contributed by atoms with E-state index in [0.717, 1.165) is 5.56 Å². The highest BCUT2D eigenvalue weighted by atomic mass is 35.5. The van der Waals surface area contributed by atoms with Crippen LogP contribution in [0.1, 0.15) is 24.9 Å². The van der Waals surface area contributed by atoms with Crippen molar-refractivity contribution in [2.45, 2.75) is 19.4 Å². The van der Waals surface area contributed by atoms with Crippen molar-refractivity contribution >= 4 is 24.3 Å². The number of ether oxygens (including phenoxy) is 2. The topological polar surface area (TPSA) is 78.6 Å². The molecule has 0 aliphatic rings. The maximum Gasteiger partial charge on any atom is 0.308 e. The summed E-state index contributed by atoms with van der Waals surface area (Å²) in [7, 11) is 1.32. The summed E-state index contributed by atoms with van der Waals surface area (Å²) in [6.45, 7) is 1.33. The number of benzene rings is 1. The number of nitrogens with two attached hydrogens (primary N) is 1. The van der Waals surface area contributed by atoms with E-state index in [0.29, 0.717) is 5.75 Å². The second kappa shape index (κ2) is 7.68. The molecule has 0 aliphatic heterocycles. The molecule has 5 nitrogen and oxygen atoms in total. The summed E-state index contributed by atoms with van der Waals surface area (Å²) in [6, 6.07) is 6.27. The standard InChI is InChI=1S/C12H15NO4.ClH/c1-8(14)17-10-5-3-9(4-6-10)11(13)7-12(15)16-2;/h3-6,11H,7,13H2,1-2H3;1H/t11-;/m0./s1. The lowest BCUT2D eigenvalue weighted by molar-refractivity contribution is -0.141. The Kier molecular flexibility index (Phi) is 7.00. The Morgan fingerprint density at radius 1 is 1.28 bits per heavy atom. The molecule has 0 spiro atoms. The highest BCUT2D eigenvalue weighted by Crippen LogP contribution is 2.18. The normalized spacial score (nSPS) is 11.1. The van der Waals surface area contributed by atoms with Gasteiger partial charge in [0.05, 0.1) is 13.5 Å². The van der Waals surface area contributed by atoms with E-state index in [1.165, 1.54) is 14.0 Å². The van der Waals surface area contributed by atoms with E-state index in [4.69, 9.17) is 10.5 Å². The van der Waals surface area contributed by atoms with Crippen molar-refractivity contribution in [1.29, 1.82) is 0 Å². The van der Waals surface area contributed by atoms with Crippen LogP contribution < -0.4 is 10.5 Å². The van der Waals surface area contributed by atoms with E-state index in [2.05, 4.69) is 4.74 Å². The molecule has 0 saturated heterocycles. The summed E-state index contributed by atoms with van der Waals surface area (Å²) in [5, 5.41) is 0. The van der Waals surface area contributed by atoms with Crippen molar-refractivity contribution in [3.8, 4) is 5.75 Å². The maximum absolute atomic E-state index is 11.0. The summed E-state index contributed by atoms with van der Waals surface area (Å²) in [6.07, 6.45) is 0.114. The van der Waals surface area contributed by atoms with Crippen LogP contribution in [-0.4, -0.2) is 19.0 Å². The zero-order valence-corrected chi connectivity index (χ0v) is 11.0. The molecule has 0 saturated carbocycles. The largest absolute Gasteiger partial charge is 0.469 e. The van der Waals surface area contributed by atoms with Crippen molar-refractivity contribution in [2.24, 2.45) is 5.73 Å². The lowest BCUT2D eigenvalue weighted by Crippen LogP contribution is -2.16. The molecule has 0 unspecified atom stereocenters. The minimum Gasteiger partial charge on any atom is -0.469 e. The van der Waals surface area contributed by atoms with Gasteiger partial charge >= 0.3 is 11.9 Å². The number of carbonyl (C=O) groups is 2. The predicted molar refractivity (Wildman–Crippen MR) is 68.6 cm³/mol. The third-order valence-electron chi connectivity index (χ3n) is 2.18. The first kappa shape index (κ1) is 16.4. The van der Waals surface area contributed by atoms with Crippen molar-refractivity contribution in [2.75, 3.05) is 7.11 Å². The number of hydrogen-bond acceptors (Lipinski definition) is 5. The van der Waals surface area contributed by atoms with Crippen LogP contribution in [0.4, 0.5) is 0 Å². The number of hydrogen-bond donors (Lipinski definition) is 1. The molecular formula is C12H16ClNO4. The van der Waals surface area contributed by atoms with Crippen molar-refractivity contribution in [3.05, 3.63) is 29.8 Å². The summed E-state index contributed by atoms with van der Waals surface area (Å²) < 4.78 is 9.41. The Morgan fingerprint density at radius 3 is 2.28 bits per heavy atom. The van der Waals surface area contributed by atoms with E-state index >= 15 is 0 Å². The fourth-order valence-electron chi connectivity index (χ4n) is 1.33. The molecule has 1 aromatic carbocycles. The molecule has 0 aromatic heterocycles. The third-order valence-corrected chi connectivity index (χ3v) is 2.18. The van der Waals surface area contributed by atoms with Gasteiger partial charge in [0, 0.05) is 13.0 Å². The van der Waals surface area contributed by atoms with Gasteiger partial charge in [-0.25, -0.2) is 0 Å². The van der Waals surface area contributed by atoms with Gasteiger partial charge in [0.15, 0.2) is 0 Å². The van der Waals surface area contributed by atoms with Crippen LogP contribution in [0.15, 0.2) is 24.3 Å². The third kappa shape index (κ3) is 5.16. The molecule has 1 atom stereocenters. The van der Waals surface area contributed by atoms with E-state index in [1.807, 2.05) is 0 Å². The fraction of sp³-hybridized carbons (Fsp3) is 0.333. The smallest absolute Gasteiger partial charge is 0.308 e. The number of esters is 2. The highest BCUT2D eigenvalue weighted by molar-refractivity contribution is 5.85. The van der Waals surface area contributed by atoms with Crippen LogP contribution in [0.3, 0.4) is 0 Å². The van der Waals surface area contributed by atoms with Gasteiger partial charge in [0.25, 0.3) is 0 Å². The molecule has 0 radical (unpaired) electrons. The summed E-state index contributed by atoms with van der Waals surface area (Å²) in [4.78, 5) is 21.7. The van der Waals surface area contributed by atoms with Gasteiger partial charge in [-0.1, -0.05) is 12.1 Å². The Bertz CT molecular complexity index is 405. The SMILES string of the molecule is COC(=O)C[C@H](N)c1ccc(OC(C)=O)cc1.Cl. The van der Waals surface area contributed by atoms with E-state index in [9.17, 15) is 9.59 Å². The Morgan fingerprint density at radius 2 is 1.83 bits per heavy atom.